The minimum atomic E-state index is -2.71. The monoisotopic (exact) mass is 259 g/mol. The summed E-state index contributed by atoms with van der Waals surface area (Å²) in [6, 6.07) is 0.428. The predicted molar refractivity (Wildman–Crippen MR) is 70.9 cm³/mol. The minimum absolute atomic E-state index is 0.376. The quantitative estimate of drug-likeness (QED) is 0.844. The van der Waals surface area contributed by atoms with Crippen LogP contribution in [0.15, 0.2) is 0 Å². The summed E-state index contributed by atoms with van der Waals surface area (Å²) >= 11 is 0. The van der Waals surface area contributed by atoms with Gasteiger partial charge in [-0.05, 0) is 31.1 Å². The highest BCUT2D eigenvalue weighted by Gasteiger charge is 2.29. The summed E-state index contributed by atoms with van der Waals surface area (Å²) in [5.41, 5.74) is 0.453. The molecule has 0 bridgehead atoms. The normalized spacial score (nSPS) is 29.0. The zero-order chi connectivity index (χ0) is 12.4. The molecule has 0 atom stereocenters. The molecular weight excluding hydrogens is 234 g/mol. The van der Waals surface area contributed by atoms with Crippen molar-refractivity contribution in [1.29, 1.82) is 0 Å². The van der Waals surface area contributed by atoms with Crippen molar-refractivity contribution >= 4 is 9.84 Å². The van der Waals surface area contributed by atoms with E-state index >= 15 is 0 Å². The van der Waals surface area contributed by atoms with E-state index in [1.165, 1.54) is 32.1 Å². The molecular formula is C13H25NO2S. The van der Waals surface area contributed by atoms with E-state index in [2.05, 4.69) is 12.2 Å². The fourth-order valence-electron chi connectivity index (χ4n) is 3.07. The molecule has 1 aliphatic carbocycles. The van der Waals surface area contributed by atoms with Gasteiger partial charge in [-0.25, -0.2) is 8.42 Å². The van der Waals surface area contributed by atoms with Gasteiger partial charge in [0.2, 0.25) is 0 Å². The number of hydrogen-bond acceptors (Lipinski definition) is 3. The number of sulfone groups is 1. The molecule has 1 saturated carbocycles. The number of nitrogens with one attached hydrogen (secondary N) is 1. The van der Waals surface area contributed by atoms with Crippen molar-refractivity contribution in [3.63, 3.8) is 0 Å². The molecule has 1 N–H and O–H groups in total. The highest BCUT2D eigenvalue weighted by atomic mass is 32.2. The Morgan fingerprint density at radius 3 is 2.29 bits per heavy atom. The molecule has 2 fully saturated rings. The van der Waals surface area contributed by atoms with Crippen LogP contribution in [-0.4, -0.2) is 32.5 Å². The zero-order valence-corrected chi connectivity index (χ0v) is 11.7. The Balaban J connectivity index is 1.75. The molecule has 100 valence electrons. The average molecular weight is 259 g/mol. The summed E-state index contributed by atoms with van der Waals surface area (Å²) in [6.07, 6.45) is 8.36. The van der Waals surface area contributed by atoms with Gasteiger partial charge in [-0.2, -0.15) is 0 Å². The van der Waals surface area contributed by atoms with Gasteiger partial charge in [-0.3, -0.25) is 0 Å². The molecule has 3 nitrogen and oxygen atoms in total. The molecule has 0 aromatic rings. The maximum atomic E-state index is 11.3. The molecule has 17 heavy (non-hydrogen) atoms. The largest absolute Gasteiger partial charge is 0.313 e. The Kier molecular flexibility index (Phi) is 4.14. The summed E-state index contributed by atoms with van der Waals surface area (Å²) < 4.78 is 22.7. The van der Waals surface area contributed by atoms with Crippen molar-refractivity contribution in [3.8, 4) is 0 Å². The smallest absolute Gasteiger partial charge is 0.150 e. The summed E-state index contributed by atoms with van der Waals surface area (Å²) in [5, 5.41) is 3.61. The lowest BCUT2D eigenvalue weighted by Gasteiger charge is -2.36. The summed E-state index contributed by atoms with van der Waals surface area (Å²) in [5.74, 6) is 0.753. The van der Waals surface area contributed by atoms with Crippen molar-refractivity contribution in [3.05, 3.63) is 0 Å². The Labute approximate surface area is 105 Å². The van der Waals surface area contributed by atoms with E-state index in [0.717, 1.165) is 19.4 Å². The highest BCUT2D eigenvalue weighted by molar-refractivity contribution is 7.91. The van der Waals surface area contributed by atoms with Crippen LogP contribution in [0.1, 0.15) is 51.9 Å². The zero-order valence-electron chi connectivity index (χ0n) is 10.9. The first-order chi connectivity index (χ1) is 7.99. The van der Waals surface area contributed by atoms with E-state index in [9.17, 15) is 8.42 Å². The van der Waals surface area contributed by atoms with Crippen LogP contribution in [0, 0.1) is 5.41 Å². The molecule has 2 rings (SSSR count). The van der Waals surface area contributed by atoms with E-state index in [0.29, 0.717) is 23.0 Å². The second-order valence-corrected chi connectivity index (χ2v) is 8.48. The molecule has 0 amide bonds. The van der Waals surface area contributed by atoms with Gasteiger partial charge in [0.1, 0.15) is 9.84 Å². The molecule has 0 radical (unpaired) electrons. The number of rotatable bonds is 3. The van der Waals surface area contributed by atoms with Gasteiger partial charge in [-0.15, -0.1) is 0 Å². The van der Waals surface area contributed by atoms with Crippen LogP contribution in [0.5, 0.6) is 0 Å². The first kappa shape index (κ1) is 13.3. The van der Waals surface area contributed by atoms with Crippen molar-refractivity contribution in [1.82, 2.24) is 5.32 Å². The summed E-state index contributed by atoms with van der Waals surface area (Å²) in [7, 11) is -2.71. The van der Waals surface area contributed by atoms with Gasteiger partial charge in [0.05, 0.1) is 11.5 Å². The Morgan fingerprint density at radius 2 is 1.71 bits per heavy atom. The van der Waals surface area contributed by atoms with Gasteiger partial charge in [0, 0.05) is 12.6 Å². The third kappa shape index (κ3) is 3.95. The van der Waals surface area contributed by atoms with Crippen LogP contribution in [0.4, 0.5) is 0 Å². The van der Waals surface area contributed by atoms with Gasteiger partial charge in [0.25, 0.3) is 0 Å². The fourth-order valence-corrected chi connectivity index (χ4v) is 4.56. The molecule has 0 aromatic heterocycles. The van der Waals surface area contributed by atoms with E-state index in [4.69, 9.17) is 0 Å². The second kappa shape index (κ2) is 5.27. The fraction of sp³-hybridized carbons (Fsp3) is 1.00. The third-order valence-electron chi connectivity index (χ3n) is 4.43. The molecule has 0 unspecified atom stereocenters. The molecule has 2 aliphatic rings. The third-order valence-corrected chi connectivity index (χ3v) is 6.15. The van der Waals surface area contributed by atoms with Crippen LogP contribution < -0.4 is 5.32 Å². The Bertz CT molecular complexity index is 330. The highest BCUT2D eigenvalue weighted by Crippen LogP contribution is 2.35. The predicted octanol–water partition coefficient (Wildman–Crippen LogP) is 2.12. The van der Waals surface area contributed by atoms with Crippen molar-refractivity contribution < 1.29 is 8.42 Å². The maximum absolute atomic E-state index is 11.3. The van der Waals surface area contributed by atoms with E-state index in [-0.39, 0.29) is 0 Å². The molecule has 0 spiro atoms. The molecule has 0 aromatic carbocycles. The Morgan fingerprint density at radius 1 is 1.12 bits per heavy atom. The second-order valence-electron chi connectivity index (χ2n) is 6.18. The van der Waals surface area contributed by atoms with Crippen LogP contribution >= 0.6 is 0 Å². The van der Waals surface area contributed by atoms with Gasteiger partial charge in [0.15, 0.2) is 0 Å². The van der Waals surface area contributed by atoms with Crippen molar-refractivity contribution in [2.75, 3.05) is 18.1 Å². The number of hydrogen-bond donors (Lipinski definition) is 1. The lowest BCUT2D eigenvalue weighted by Crippen LogP contribution is -2.43. The summed E-state index contributed by atoms with van der Waals surface area (Å²) in [6.45, 7) is 3.44. The minimum Gasteiger partial charge on any atom is -0.313 e. The van der Waals surface area contributed by atoms with Crippen LogP contribution in [-0.2, 0) is 9.84 Å². The maximum Gasteiger partial charge on any atom is 0.150 e. The van der Waals surface area contributed by atoms with Crippen LogP contribution in [0.3, 0.4) is 0 Å². The molecule has 4 heteroatoms. The molecule has 1 saturated heterocycles. The lowest BCUT2D eigenvalue weighted by molar-refractivity contribution is 0.198. The first-order valence-corrected chi connectivity index (χ1v) is 8.75. The van der Waals surface area contributed by atoms with E-state index < -0.39 is 9.84 Å². The molecule has 1 heterocycles. The van der Waals surface area contributed by atoms with Crippen molar-refractivity contribution in [2.24, 2.45) is 5.41 Å². The lowest BCUT2D eigenvalue weighted by atomic mass is 9.75. The van der Waals surface area contributed by atoms with Gasteiger partial charge in [-0.1, -0.05) is 26.2 Å². The van der Waals surface area contributed by atoms with Gasteiger partial charge >= 0.3 is 0 Å². The average Bonchev–Trinajstić information content (AvgIpc) is 2.29. The van der Waals surface area contributed by atoms with E-state index in [1.54, 1.807) is 0 Å². The Hall–Kier alpha value is -0.0900. The van der Waals surface area contributed by atoms with Gasteiger partial charge < -0.3 is 5.32 Å². The topological polar surface area (TPSA) is 46.2 Å². The van der Waals surface area contributed by atoms with Crippen LogP contribution in [0.25, 0.3) is 0 Å². The standard InChI is InChI=1S/C13H25NO2S/c1-13(7-3-2-4-8-13)11-14-12-5-9-17(15,16)10-6-12/h12,14H,2-11H2,1H3. The molecule has 1 aliphatic heterocycles. The van der Waals surface area contributed by atoms with Crippen LogP contribution in [0.2, 0.25) is 0 Å². The first-order valence-electron chi connectivity index (χ1n) is 6.93. The van der Waals surface area contributed by atoms with E-state index in [1.807, 2.05) is 0 Å². The van der Waals surface area contributed by atoms with Crippen molar-refractivity contribution in [2.45, 2.75) is 57.9 Å². The summed E-state index contributed by atoms with van der Waals surface area (Å²) in [4.78, 5) is 0. The SMILES string of the molecule is CC1(CNC2CCS(=O)(=O)CC2)CCCCC1.